The monoisotopic (exact) mass is 359 g/mol. The minimum atomic E-state index is -0.910. The molecule has 6 heteroatoms. The van der Waals surface area contributed by atoms with Crippen LogP contribution in [0, 0.1) is 12.7 Å². The molecule has 1 N–H and O–H groups in total. The van der Waals surface area contributed by atoms with Crippen molar-refractivity contribution in [3.63, 3.8) is 0 Å². The summed E-state index contributed by atoms with van der Waals surface area (Å²) in [6.07, 6.45) is -0.543. The number of rotatable bonds is 8. The number of hydrogen-bond acceptors (Lipinski definition) is 4. The second kappa shape index (κ2) is 9.56. The predicted octanol–water partition coefficient (Wildman–Crippen LogP) is 3.86. The third kappa shape index (κ3) is 6.20. The lowest BCUT2D eigenvalue weighted by Gasteiger charge is -2.16. The van der Waals surface area contributed by atoms with Crippen molar-refractivity contribution in [2.24, 2.45) is 0 Å². The Morgan fingerprint density at radius 2 is 1.73 bits per heavy atom. The second-order valence-corrected chi connectivity index (χ2v) is 5.79. The Morgan fingerprint density at radius 3 is 2.35 bits per heavy atom. The maximum absolute atomic E-state index is 12.9. The van der Waals surface area contributed by atoms with Crippen LogP contribution in [0.15, 0.2) is 48.5 Å². The number of anilines is 1. The normalized spacial score (nSPS) is 11.5. The quantitative estimate of drug-likeness (QED) is 0.727. The van der Waals surface area contributed by atoms with Gasteiger partial charge in [-0.3, -0.25) is 9.59 Å². The molecule has 0 heterocycles. The Hall–Kier alpha value is -2.89. The molecule has 0 saturated carbocycles. The molecule has 138 valence electrons. The first-order chi connectivity index (χ1) is 12.5. The van der Waals surface area contributed by atoms with Crippen LogP contribution in [0.4, 0.5) is 10.1 Å². The van der Waals surface area contributed by atoms with E-state index in [9.17, 15) is 14.0 Å². The third-order valence-corrected chi connectivity index (χ3v) is 3.64. The summed E-state index contributed by atoms with van der Waals surface area (Å²) >= 11 is 0. The Bertz CT molecular complexity index is 728. The second-order valence-electron chi connectivity index (χ2n) is 5.79. The van der Waals surface area contributed by atoms with E-state index < -0.39 is 23.8 Å². The van der Waals surface area contributed by atoms with Gasteiger partial charge in [0.05, 0.1) is 13.0 Å². The van der Waals surface area contributed by atoms with Crippen molar-refractivity contribution in [2.75, 3.05) is 11.9 Å². The summed E-state index contributed by atoms with van der Waals surface area (Å²) in [5.41, 5.74) is 1.56. The van der Waals surface area contributed by atoms with Crippen LogP contribution >= 0.6 is 0 Å². The fourth-order valence-electron chi connectivity index (χ4n) is 2.18. The minimum absolute atomic E-state index is 0.0359. The van der Waals surface area contributed by atoms with Crippen LogP contribution in [0.2, 0.25) is 0 Å². The largest absolute Gasteiger partial charge is 0.493 e. The summed E-state index contributed by atoms with van der Waals surface area (Å²) in [6, 6.07) is 12.8. The van der Waals surface area contributed by atoms with Crippen LogP contribution in [0.3, 0.4) is 0 Å². The van der Waals surface area contributed by atoms with E-state index in [1.54, 1.807) is 6.92 Å². The number of aryl methyl sites for hydroxylation is 1. The number of amides is 1. The number of benzene rings is 2. The maximum Gasteiger partial charge on any atom is 0.310 e. The van der Waals surface area contributed by atoms with Gasteiger partial charge in [0, 0.05) is 5.69 Å². The lowest BCUT2D eigenvalue weighted by Crippen LogP contribution is -2.32. The molecule has 0 unspecified atom stereocenters. The highest BCUT2D eigenvalue weighted by atomic mass is 19.1. The summed E-state index contributed by atoms with van der Waals surface area (Å²) in [4.78, 5) is 24.1. The van der Waals surface area contributed by atoms with Crippen molar-refractivity contribution in [3.8, 4) is 5.75 Å². The molecule has 0 aliphatic rings. The summed E-state index contributed by atoms with van der Waals surface area (Å²) in [5, 5.41) is 2.60. The highest BCUT2D eigenvalue weighted by Gasteiger charge is 2.21. The van der Waals surface area contributed by atoms with Gasteiger partial charge in [0.2, 0.25) is 0 Å². The Morgan fingerprint density at radius 1 is 1.08 bits per heavy atom. The van der Waals surface area contributed by atoms with Gasteiger partial charge in [0.15, 0.2) is 6.10 Å². The van der Waals surface area contributed by atoms with Crippen molar-refractivity contribution in [1.82, 2.24) is 0 Å². The van der Waals surface area contributed by atoms with Gasteiger partial charge in [-0.1, -0.05) is 24.6 Å². The number of nitrogens with one attached hydrogen (secondary N) is 1. The summed E-state index contributed by atoms with van der Waals surface area (Å²) in [6.45, 7) is 3.88. The average Bonchev–Trinajstić information content (AvgIpc) is 2.63. The smallest absolute Gasteiger partial charge is 0.310 e. The topological polar surface area (TPSA) is 64.6 Å². The van der Waals surface area contributed by atoms with E-state index >= 15 is 0 Å². The van der Waals surface area contributed by atoms with E-state index in [1.807, 2.05) is 31.2 Å². The molecule has 1 amide bonds. The Kier molecular flexibility index (Phi) is 7.14. The molecule has 0 saturated heterocycles. The number of carbonyl (C=O) groups excluding carboxylic acids is 2. The molecule has 26 heavy (non-hydrogen) atoms. The van der Waals surface area contributed by atoms with E-state index in [-0.39, 0.29) is 13.0 Å². The van der Waals surface area contributed by atoms with Crippen molar-refractivity contribution in [2.45, 2.75) is 32.8 Å². The Balaban J connectivity index is 1.78. The van der Waals surface area contributed by atoms with E-state index in [2.05, 4.69) is 5.32 Å². The third-order valence-electron chi connectivity index (χ3n) is 3.64. The van der Waals surface area contributed by atoms with Gasteiger partial charge in [-0.2, -0.15) is 0 Å². The standard InChI is InChI=1S/C20H22FNO4/c1-3-18(20(24)22-16-8-6-15(21)7-9-16)26-19(23)12-13-25-17-10-4-14(2)5-11-17/h4-11,18H,3,12-13H2,1-2H3,(H,22,24)/t18-/m1/s1. The average molecular weight is 359 g/mol. The van der Waals surface area contributed by atoms with E-state index in [0.29, 0.717) is 17.9 Å². The van der Waals surface area contributed by atoms with Crippen LogP contribution in [-0.2, 0) is 14.3 Å². The maximum atomic E-state index is 12.9. The van der Waals surface area contributed by atoms with Gasteiger partial charge in [-0.25, -0.2) is 4.39 Å². The first kappa shape index (κ1) is 19.4. The highest BCUT2D eigenvalue weighted by molar-refractivity contribution is 5.95. The number of esters is 1. The zero-order valence-electron chi connectivity index (χ0n) is 14.8. The molecule has 5 nitrogen and oxygen atoms in total. The zero-order chi connectivity index (χ0) is 18.9. The summed E-state index contributed by atoms with van der Waals surface area (Å²) < 4.78 is 23.6. The predicted molar refractivity (Wildman–Crippen MR) is 96.5 cm³/mol. The van der Waals surface area contributed by atoms with Crippen molar-refractivity contribution in [3.05, 3.63) is 59.9 Å². The van der Waals surface area contributed by atoms with Crippen LogP contribution < -0.4 is 10.1 Å². The SMILES string of the molecule is CC[C@@H](OC(=O)CCOc1ccc(C)cc1)C(=O)Nc1ccc(F)cc1. The van der Waals surface area contributed by atoms with Crippen molar-refractivity contribution in [1.29, 1.82) is 0 Å². The van der Waals surface area contributed by atoms with Crippen molar-refractivity contribution >= 4 is 17.6 Å². The molecule has 0 radical (unpaired) electrons. The summed E-state index contributed by atoms with van der Waals surface area (Å²) in [5.74, 6) is -0.690. The molecule has 2 aromatic carbocycles. The molecule has 0 aliphatic heterocycles. The molecular weight excluding hydrogens is 337 g/mol. The minimum Gasteiger partial charge on any atom is -0.493 e. The first-order valence-electron chi connectivity index (χ1n) is 8.43. The first-order valence-corrected chi connectivity index (χ1v) is 8.43. The van der Waals surface area contributed by atoms with Gasteiger partial charge in [-0.15, -0.1) is 0 Å². The molecule has 2 aromatic rings. The van der Waals surface area contributed by atoms with Gasteiger partial charge >= 0.3 is 5.97 Å². The lowest BCUT2D eigenvalue weighted by molar-refractivity contribution is -0.154. The van der Waals surface area contributed by atoms with E-state index in [1.165, 1.54) is 24.3 Å². The van der Waals surface area contributed by atoms with Gasteiger partial charge in [0.1, 0.15) is 11.6 Å². The molecular formula is C20H22FNO4. The van der Waals surface area contributed by atoms with Crippen LogP contribution in [-0.4, -0.2) is 24.6 Å². The van der Waals surface area contributed by atoms with Crippen LogP contribution in [0.1, 0.15) is 25.3 Å². The molecule has 0 spiro atoms. The fraction of sp³-hybridized carbons (Fsp3) is 0.300. The zero-order valence-corrected chi connectivity index (χ0v) is 14.8. The fourth-order valence-corrected chi connectivity index (χ4v) is 2.18. The summed E-state index contributed by atoms with van der Waals surface area (Å²) in [7, 11) is 0. The van der Waals surface area contributed by atoms with Crippen LogP contribution in [0.5, 0.6) is 5.75 Å². The van der Waals surface area contributed by atoms with E-state index in [0.717, 1.165) is 5.56 Å². The number of carbonyl (C=O) groups is 2. The molecule has 0 bridgehead atoms. The van der Waals surface area contributed by atoms with Gasteiger partial charge in [0.25, 0.3) is 5.91 Å². The molecule has 0 aromatic heterocycles. The Labute approximate surface area is 152 Å². The number of halogens is 1. The molecule has 2 rings (SSSR count). The van der Waals surface area contributed by atoms with Crippen LogP contribution in [0.25, 0.3) is 0 Å². The van der Waals surface area contributed by atoms with Gasteiger partial charge in [-0.05, 0) is 49.7 Å². The number of hydrogen-bond donors (Lipinski definition) is 1. The molecule has 0 fully saturated rings. The highest BCUT2D eigenvalue weighted by Crippen LogP contribution is 2.13. The molecule has 1 atom stereocenters. The molecule has 0 aliphatic carbocycles. The van der Waals surface area contributed by atoms with Crippen molar-refractivity contribution < 1.29 is 23.5 Å². The van der Waals surface area contributed by atoms with Gasteiger partial charge < -0.3 is 14.8 Å². The van der Waals surface area contributed by atoms with E-state index in [4.69, 9.17) is 9.47 Å². The number of ether oxygens (including phenoxy) is 2. The lowest BCUT2D eigenvalue weighted by atomic mass is 10.2.